The number of carbonyl (C=O) groups is 1. The molecular weight excluding hydrogens is 371 g/mol. The van der Waals surface area contributed by atoms with Gasteiger partial charge in [-0.05, 0) is 44.2 Å². The van der Waals surface area contributed by atoms with Crippen LogP contribution in [0.5, 0.6) is 0 Å². The summed E-state index contributed by atoms with van der Waals surface area (Å²) in [6, 6.07) is 11.5. The molecule has 0 unspecified atom stereocenters. The van der Waals surface area contributed by atoms with Crippen molar-refractivity contribution in [3.63, 3.8) is 0 Å². The Kier molecular flexibility index (Phi) is 5.59. The minimum Gasteiger partial charge on any atom is -0.373 e. The summed E-state index contributed by atoms with van der Waals surface area (Å²) < 4.78 is 46.6. The van der Waals surface area contributed by atoms with E-state index in [1.807, 2.05) is 13.8 Å². The van der Waals surface area contributed by atoms with Gasteiger partial charge in [-0.25, -0.2) is 12.8 Å². The van der Waals surface area contributed by atoms with Crippen LogP contribution in [-0.4, -0.2) is 43.9 Å². The van der Waals surface area contributed by atoms with Gasteiger partial charge in [0.1, 0.15) is 5.82 Å². The number of para-hydroxylation sites is 1. The van der Waals surface area contributed by atoms with Gasteiger partial charge in [0, 0.05) is 18.7 Å². The number of halogens is 1. The Bertz CT molecular complexity index is 938. The Morgan fingerprint density at radius 2 is 1.78 bits per heavy atom. The summed E-state index contributed by atoms with van der Waals surface area (Å²) in [6.07, 6.45) is -0.424. The highest BCUT2D eigenvalue weighted by atomic mass is 32.2. The fourth-order valence-corrected chi connectivity index (χ4v) is 4.67. The molecule has 1 N–H and O–H groups in total. The highest BCUT2D eigenvalue weighted by Crippen LogP contribution is 2.22. The van der Waals surface area contributed by atoms with Gasteiger partial charge in [0.2, 0.25) is 10.0 Å². The quantitative estimate of drug-likeness (QED) is 0.868. The van der Waals surface area contributed by atoms with Gasteiger partial charge in [-0.3, -0.25) is 4.79 Å². The van der Waals surface area contributed by atoms with E-state index in [1.54, 1.807) is 6.07 Å². The second-order valence-electron chi connectivity index (χ2n) is 6.54. The van der Waals surface area contributed by atoms with Crippen LogP contribution in [0.25, 0.3) is 0 Å². The number of sulfonamides is 1. The summed E-state index contributed by atoms with van der Waals surface area (Å²) >= 11 is 0. The summed E-state index contributed by atoms with van der Waals surface area (Å²) in [5.74, 6) is -1.15. The molecule has 0 bridgehead atoms. The molecular formula is C19H21FN2O4S. The lowest BCUT2D eigenvalue weighted by Gasteiger charge is -2.34. The van der Waals surface area contributed by atoms with Crippen molar-refractivity contribution in [2.45, 2.75) is 31.0 Å². The van der Waals surface area contributed by atoms with Crippen LogP contribution in [0.1, 0.15) is 24.2 Å². The highest BCUT2D eigenvalue weighted by molar-refractivity contribution is 7.89. The predicted molar refractivity (Wildman–Crippen MR) is 99.6 cm³/mol. The second kappa shape index (κ2) is 7.75. The molecule has 27 heavy (non-hydrogen) atoms. The van der Waals surface area contributed by atoms with Gasteiger partial charge in [0.15, 0.2) is 0 Å². The van der Waals surface area contributed by atoms with Crippen molar-refractivity contribution in [1.82, 2.24) is 4.31 Å². The third kappa shape index (κ3) is 4.35. The molecule has 2 aromatic carbocycles. The van der Waals surface area contributed by atoms with Gasteiger partial charge < -0.3 is 10.1 Å². The molecule has 0 spiro atoms. The molecule has 6 nitrogen and oxygen atoms in total. The molecule has 1 amide bonds. The average Bonchev–Trinajstić information content (AvgIpc) is 2.63. The maximum atomic E-state index is 13.7. The van der Waals surface area contributed by atoms with Crippen molar-refractivity contribution in [3.05, 3.63) is 59.9 Å². The van der Waals surface area contributed by atoms with E-state index < -0.39 is 21.7 Å². The molecule has 0 aromatic heterocycles. The van der Waals surface area contributed by atoms with Crippen molar-refractivity contribution in [1.29, 1.82) is 0 Å². The van der Waals surface area contributed by atoms with Crippen molar-refractivity contribution < 1.29 is 22.3 Å². The van der Waals surface area contributed by atoms with Crippen LogP contribution in [0.3, 0.4) is 0 Å². The monoisotopic (exact) mass is 392 g/mol. The number of hydrogen-bond acceptors (Lipinski definition) is 4. The third-order valence-electron chi connectivity index (χ3n) is 4.24. The lowest BCUT2D eigenvalue weighted by atomic mass is 10.2. The molecule has 1 heterocycles. The average molecular weight is 392 g/mol. The summed E-state index contributed by atoms with van der Waals surface area (Å²) in [4.78, 5) is 12.4. The molecule has 2 atom stereocenters. The number of hydrogen-bond donors (Lipinski definition) is 1. The van der Waals surface area contributed by atoms with E-state index in [9.17, 15) is 17.6 Å². The van der Waals surface area contributed by atoms with E-state index in [0.717, 1.165) is 0 Å². The van der Waals surface area contributed by atoms with Crippen LogP contribution in [0.15, 0.2) is 53.4 Å². The van der Waals surface area contributed by atoms with Crippen LogP contribution < -0.4 is 5.32 Å². The number of amides is 1. The standard InChI is InChI=1S/C19H21FN2O4S/c1-13-11-22(12-14(2)26-13)27(24,25)16-7-5-6-15(10-16)19(23)21-18-9-4-3-8-17(18)20/h3-10,13-14H,11-12H2,1-2H3,(H,21,23)/t13-,14+. The minimum atomic E-state index is -3.77. The Morgan fingerprint density at radius 3 is 2.44 bits per heavy atom. The number of nitrogens with one attached hydrogen (secondary N) is 1. The van der Waals surface area contributed by atoms with Gasteiger partial charge in [-0.1, -0.05) is 18.2 Å². The van der Waals surface area contributed by atoms with Gasteiger partial charge in [0.25, 0.3) is 5.91 Å². The van der Waals surface area contributed by atoms with Gasteiger partial charge >= 0.3 is 0 Å². The summed E-state index contributed by atoms with van der Waals surface area (Å²) in [7, 11) is -3.77. The summed E-state index contributed by atoms with van der Waals surface area (Å²) in [6.45, 7) is 4.13. The zero-order valence-electron chi connectivity index (χ0n) is 15.1. The van der Waals surface area contributed by atoms with Gasteiger partial charge in [-0.15, -0.1) is 0 Å². The molecule has 1 aliphatic rings. The first-order chi connectivity index (χ1) is 12.8. The molecule has 8 heteroatoms. The molecule has 1 fully saturated rings. The molecule has 0 radical (unpaired) electrons. The fourth-order valence-electron chi connectivity index (χ4n) is 3.03. The Balaban J connectivity index is 1.84. The van der Waals surface area contributed by atoms with Crippen LogP contribution in [-0.2, 0) is 14.8 Å². The van der Waals surface area contributed by atoms with Crippen molar-refractivity contribution in [2.24, 2.45) is 0 Å². The van der Waals surface area contributed by atoms with Crippen LogP contribution >= 0.6 is 0 Å². The second-order valence-corrected chi connectivity index (χ2v) is 8.48. The van der Waals surface area contributed by atoms with Crippen LogP contribution in [0, 0.1) is 5.82 Å². The summed E-state index contributed by atoms with van der Waals surface area (Å²) in [5.41, 5.74) is 0.167. The largest absolute Gasteiger partial charge is 0.373 e. The van der Waals surface area contributed by atoms with E-state index in [0.29, 0.717) is 0 Å². The number of nitrogens with zero attached hydrogens (tertiary/aromatic N) is 1. The van der Waals surface area contributed by atoms with E-state index in [-0.39, 0.29) is 41.4 Å². The molecule has 1 aliphatic heterocycles. The highest BCUT2D eigenvalue weighted by Gasteiger charge is 2.32. The number of anilines is 1. The minimum absolute atomic E-state index is 0.0185. The normalized spacial score (nSPS) is 21.0. The molecule has 3 rings (SSSR count). The van der Waals surface area contributed by atoms with Gasteiger partial charge in [0.05, 0.1) is 22.8 Å². The zero-order chi connectivity index (χ0) is 19.6. The molecule has 2 aromatic rings. The predicted octanol–water partition coefficient (Wildman–Crippen LogP) is 2.88. The SMILES string of the molecule is C[C@@H]1CN(S(=O)(=O)c2cccc(C(=O)Nc3ccccc3F)c2)C[C@H](C)O1. The smallest absolute Gasteiger partial charge is 0.255 e. The first kappa shape index (κ1) is 19.5. The maximum absolute atomic E-state index is 13.7. The van der Waals surface area contributed by atoms with Crippen molar-refractivity contribution >= 4 is 21.6 Å². The molecule has 1 saturated heterocycles. The fraction of sp³-hybridized carbons (Fsp3) is 0.316. The molecule has 0 aliphatic carbocycles. The lowest BCUT2D eigenvalue weighted by Crippen LogP contribution is -2.48. The Labute approximate surface area is 158 Å². The topological polar surface area (TPSA) is 75.7 Å². The number of benzene rings is 2. The maximum Gasteiger partial charge on any atom is 0.255 e. The van der Waals surface area contributed by atoms with E-state index in [2.05, 4.69) is 5.32 Å². The van der Waals surface area contributed by atoms with E-state index in [4.69, 9.17) is 4.74 Å². The lowest BCUT2D eigenvalue weighted by molar-refractivity contribution is -0.0440. The van der Waals surface area contributed by atoms with Crippen molar-refractivity contribution in [3.8, 4) is 0 Å². The number of carbonyl (C=O) groups excluding carboxylic acids is 1. The molecule has 0 saturated carbocycles. The number of ether oxygens (including phenoxy) is 1. The third-order valence-corrected chi connectivity index (χ3v) is 6.07. The van der Waals surface area contributed by atoms with Crippen molar-refractivity contribution in [2.75, 3.05) is 18.4 Å². The first-order valence-electron chi connectivity index (χ1n) is 8.59. The summed E-state index contributed by atoms with van der Waals surface area (Å²) in [5, 5.41) is 2.46. The molecule has 144 valence electrons. The van der Waals surface area contributed by atoms with E-state index in [1.165, 1.54) is 46.8 Å². The Morgan fingerprint density at radius 1 is 1.11 bits per heavy atom. The first-order valence-corrected chi connectivity index (χ1v) is 10.0. The van der Waals surface area contributed by atoms with E-state index >= 15 is 0 Å². The van der Waals surface area contributed by atoms with Crippen LogP contribution in [0.4, 0.5) is 10.1 Å². The van der Waals surface area contributed by atoms with Gasteiger partial charge in [-0.2, -0.15) is 4.31 Å². The Hall–Kier alpha value is -2.29. The van der Waals surface area contributed by atoms with Crippen LogP contribution in [0.2, 0.25) is 0 Å². The number of morpholine rings is 1. The number of rotatable bonds is 4. The zero-order valence-corrected chi connectivity index (χ0v) is 15.9.